The molecule has 0 radical (unpaired) electrons. The first kappa shape index (κ1) is 13.6. The monoisotopic (exact) mass is 261 g/mol. The zero-order chi connectivity index (χ0) is 13.8. The normalized spacial score (nSPS) is 19.4. The van der Waals surface area contributed by atoms with E-state index in [1.807, 2.05) is 24.3 Å². The molecule has 0 spiro atoms. The summed E-state index contributed by atoms with van der Waals surface area (Å²) in [6.45, 7) is 2.47. The van der Waals surface area contributed by atoms with Crippen LogP contribution in [0.4, 0.5) is 5.69 Å². The van der Waals surface area contributed by atoms with Gasteiger partial charge in [-0.05, 0) is 25.0 Å². The third-order valence-electron chi connectivity index (χ3n) is 3.54. The van der Waals surface area contributed by atoms with Gasteiger partial charge in [0.15, 0.2) is 0 Å². The van der Waals surface area contributed by atoms with Crippen LogP contribution < -0.4 is 9.64 Å². The standard InChI is InChI=1S/C15H19NO3/c1-3-14(17)13-8-5-9-16(15(13)18)11-6-4-7-12(10-11)19-2/h4,6-7,10,13H,3,5,8-9H2,1-2H3/t13-/m0/s1. The lowest BCUT2D eigenvalue weighted by Gasteiger charge is -2.31. The van der Waals surface area contributed by atoms with Gasteiger partial charge in [-0.1, -0.05) is 13.0 Å². The molecule has 1 aliphatic rings. The van der Waals surface area contributed by atoms with Gasteiger partial charge in [0.2, 0.25) is 5.91 Å². The van der Waals surface area contributed by atoms with Crippen molar-refractivity contribution in [2.24, 2.45) is 5.92 Å². The Morgan fingerprint density at radius 3 is 2.95 bits per heavy atom. The first-order valence-electron chi connectivity index (χ1n) is 6.65. The summed E-state index contributed by atoms with van der Waals surface area (Å²) in [5.74, 6) is 0.211. The first-order valence-corrected chi connectivity index (χ1v) is 6.65. The Balaban J connectivity index is 2.23. The van der Waals surface area contributed by atoms with Gasteiger partial charge in [0.25, 0.3) is 0 Å². The second-order valence-corrected chi connectivity index (χ2v) is 4.71. The van der Waals surface area contributed by atoms with Crippen molar-refractivity contribution in [1.29, 1.82) is 0 Å². The van der Waals surface area contributed by atoms with Crippen LogP contribution in [0.2, 0.25) is 0 Å². The van der Waals surface area contributed by atoms with Crippen LogP contribution >= 0.6 is 0 Å². The molecule has 2 rings (SSSR count). The van der Waals surface area contributed by atoms with Gasteiger partial charge in [0.1, 0.15) is 11.5 Å². The zero-order valence-electron chi connectivity index (χ0n) is 11.4. The Labute approximate surface area is 113 Å². The number of hydrogen-bond acceptors (Lipinski definition) is 3. The van der Waals surface area contributed by atoms with E-state index in [1.54, 1.807) is 18.9 Å². The lowest BCUT2D eigenvalue weighted by atomic mass is 9.91. The molecule has 1 aliphatic heterocycles. The number of ketones is 1. The van der Waals surface area contributed by atoms with Gasteiger partial charge >= 0.3 is 0 Å². The summed E-state index contributed by atoms with van der Waals surface area (Å²) >= 11 is 0. The summed E-state index contributed by atoms with van der Waals surface area (Å²) in [5, 5.41) is 0. The second-order valence-electron chi connectivity index (χ2n) is 4.71. The number of ether oxygens (including phenoxy) is 1. The van der Waals surface area contributed by atoms with Gasteiger partial charge in [0, 0.05) is 24.7 Å². The third kappa shape index (κ3) is 2.78. The largest absolute Gasteiger partial charge is 0.497 e. The van der Waals surface area contributed by atoms with Gasteiger partial charge < -0.3 is 9.64 Å². The minimum Gasteiger partial charge on any atom is -0.497 e. The molecule has 19 heavy (non-hydrogen) atoms. The molecule has 4 heteroatoms. The van der Waals surface area contributed by atoms with Gasteiger partial charge in [-0.2, -0.15) is 0 Å². The summed E-state index contributed by atoms with van der Waals surface area (Å²) < 4.78 is 5.17. The maximum atomic E-state index is 12.4. The van der Waals surface area contributed by atoms with Crippen LogP contribution in [0.25, 0.3) is 0 Å². The number of Topliss-reactive ketones (excluding diaryl/α,β-unsaturated/α-hetero) is 1. The number of carbonyl (C=O) groups is 2. The number of hydrogen-bond donors (Lipinski definition) is 0. The van der Waals surface area contributed by atoms with Crippen molar-refractivity contribution in [2.45, 2.75) is 26.2 Å². The minimum atomic E-state index is -0.468. The van der Waals surface area contributed by atoms with Crippen LogP contribution in [0, 0.1) is 5.92 Å². The van der Waals surface area contributed by atoms with E-state index < -0.39 is 5.92 Å². The average molecular weight is 261 g/mol. The van der Waals surface area contributed by atoms with E-state index in [4.69, 9.17) is 4.74 Å². The maximum absolute atomic E-state index is 12.4. The lowest BCUT2D eigenvalue weighted by molar-refractivity contribution is -0.133. The Bertz CT molecular complexity index is 484. The summed E-state index contributed by atoms with van der Waals surface area (Å²) in [6.07, 6.45) is 1.95. The summed E-state index contributed by atoms with van der Waals surface area (Å²) in [7, 11) is 1.60. The average Bonchev–Trinajstić information content (AvgIpc) is 2.46. The molecular weight excluding hydrogens is 242 g/mol. The number of carbonyl (C=O) groups excluding carboxylic acids is 2. The zero-order valence-corrected chi connectivity index (χ0v) is 11.4. The number of amides is 1. The number of rotatable bonds is 4. The minimum absolute atomic E-state index is 0.0394. The van der Waals surface area contributed by atoms with Crippen LogP contribution in [-0.2, 0) is 9.59 Å². The van der Waals surface area contributed by atoms with Crippen molar-refractivity contribution in [3.8, 4) is 5.75 Å². The molecule has 0 aliphatic carbocycles. The highest BCUT2D eigenvalue weighted by Crippen LogP contribution is 2.28. The molecule has 0 saturated carbocycles. The van der Waals surface area contributed by atoms with Crippen LogP contribution in [0.3, 0.4) is 0 Å². The summed E-state index contributed by atoms with van der Waals surface area (Å²) in [4.78, 5) is 25.9. The second kappa shape index (κ2) is 5.87. The summed E-state index contributed by atoms with van der Waals surface area (Å²) in [5.41, 5.74) is 0.804. The Morgan fingerprint density at radius 1 is 1.47 bits per heavy atom. The fourth-order valence-corrected chi connectivity index (χ4v) is 2.46. The number of piperidine rings is 1. The third-order valence-corrected chi connectivity index (χ3v) is 3.54. The van der Waals surface area contributed by atoms with Crippen molar-refractivity contribution in [3.05, 3.63) is 24.3 Å². The number of methoxy groups -OCH3 is 1. The predicted molar refractivity (Wildman–Crippen MR) is 73.4 cm³/mol. The topological polar surface area (TPSA) is 46.6 Å². The van der Waals surface area contributed by atoms with Gasteiger partial charge in [-0.15, -0.1) is 0 Å². The Hall–Kier alpha value is -1.84. The highest BCUT2D eigenvalue weighted by atomic mass is 16.5. The SMILES string of the molecule is CCC(=O)[C@@H]1CCCN(c2cccc(OC)c2)C1=O. The number of anilines is 1. The number of nitrogens with zero attached hydrogens (tertiary/aromatic N) is 1. The lowest BCUT2D eigenvalue weighted by Crippen LogP contribution is -2.44. The van der Waals surface area contributed by atoms with Gasteiger partial charge in [-0.25, -0.2) is 0 Å². The quantitative estimate of drug-likeness (QED) is 0.782. The van der Waals surface area contributed by atoms with Crippen LogP contribution in [0.1, 0.15) is 26.2 Å². The van der Waals surface area contributed by atoms with Crippen molar-refractivity contribution >= 4 is 17.4 Å². The molecule has 1 atom stereocenters. The predicted octanol–water partition coefficient (Wildman–Crippen LogP) is 2.42. The fraction of sp³-hybridized carbons (Fsp3) is 0.467. The highest BCUT2D eigenvalue weighted by Gasteiger charge is 2.33. The molecule has 0 unspecified atom stereocenters. The van der Waals surface area contributed by atoms with Gasteiger partial charge in [0.05, 0.1) is 13.0 Å². The maximum Gasteiger partial charge on any atom is 0.237 e. The molecular formula is C15H19NO3. The molecule has 1 amide bonds. The summed E-state index contributed by atoms with van der Waals surface area (Å²) in [6, 6.07) is 7.40. The fourth-order valence-electron chi connectivity index (χ4n) is 2.46. The molecule has 1 heterocycles. The van der Waals surface area contributed by atoms with E-state index in [2.05, 4.69) is 0 Å². The molecule has 1 saturated heterocycles. The smallest absolute Gasteiger partial charge is 0.237 e. The molecule has 1 aromatic carbocycles. The molecule has 1 aromatic rings. The molecule has 0 aromatic heterocycles. The van der Waals surface area contributed by atoms with Crippen LogP contribution in [0.15, 0.2) is 24.3 Å². The Morgan fingerprint density at radius 2 is 2.26 bits per heavy atom. The van der Waals surface area contributed by atoms with Crippen molar-refractivity contribution in [2.75, 3.05) is 18.6 Å². The van der Waals surface area contributed by atoms with Crippen molar-refractivity contribution in [3.63, 3.8) is 0 Å². The van der Waals surface area contributed by atoms with E-state index >= 15 is 0 Å². The van der Waals surface area contributed by atoms with Crippen molar-refractivity contribution in [1.82, 2.24) is 0 Å². The van der Waals surface area contributed by atoms with E-state index in [0.717, 1.165) is 12.1 Å². The van der Waals surface area contributed by atoms with Crippen LogP contribution in [-0.4, -0.2) is 25.3 Å². The van der Waals surface area contributed by atoms with Crippen molar-refractivity contribution < 1.29 is 14.3 Å². The van der Waals surface area contributed by atoms with E-state index in [1.165, 1.54) is 0 Å². The molecule has 4 nitrogen and oxygen atoms in total. The van der Waals surface area contributed by atoms with E-state index in [0.29, 0.717) is 25.1 Å². The van der Waals surface area contributed by atoms with E-state index in [9.17, 15) is 9.59 Å². The number of benzene rings is 1. The first-order chi connectivity index (χ1) is 9.17. The Kier molecular flexibility index (Phi) is 4.20. The molecule has 1 fully saturated rings. The highest BCUT2D eigenvalue weighted by molar-refractivity contribution is 6.08. The van der Waals surface area contributed by atoms with E-state index in [-0.39, 0.29) is 11.7 Å². The van der Waals surface area contributed by atoms with Gasteiger partial charge in [-0.3, -0.25) is 9.59 Å². The molecule has 102 valence electrons. The molecule has 0 bridgehead atoms. The molecule has 0 N–H and O–H groups in total. The van der Waals surface area contributed by atoms with Crippen LogP contribution in [0.5, 0.6) is 5.75 Å².